The average molecular weight is 356 g/mol. The first-order valence-electron chi connectivity index (χ1n) is 7.99. The number of rotatable bonds is 5. The zero-order valence-electron chi connectivity index (χ0n) is 13.5. The van der Waals surface area contributed by atoms with Crippen LogP contribution in [0.5, 0.6) is 0 Å². The van der Waals surface area contributed by atoms with Crippen LogP contribution in [0.4, 0.5) is 0 Å². The highest BCUT2D eigenvalue weighted by molar-refractivity contribution is 6.35. The maximum Gasteiger partial charge on any atom is 0.309 e. The summed E-state index contributed by atoms with van der Waals surface area (Å²) in [6, 6.07) is 15.1. The molecule has 0 aliphatic carbocycles. The Bertz CT molecular complexity index is 887. The Morgan fingerprint density at radius 1 is 0.960 bits per heavy atom. The third-order valence-electron chi connectivity index (χ3n) is 3.93. The normalized spacial score (nSPS) is 10.6. The molecule has 5 nitrogen and oxygen atoms in total. The quantitative estimate of drug-likeness (QED) is 0.616. The lowest BCUT2D eigenvalue weighted by molar-refractivity contribution is -0.139. The average Bonchev–Trinajstić information content (AvgIpc) is 3.04. The molecule has 0 bridgehead atoms. The lowest BCUT2D eigenvalue weighted by Crippen LogP contribution is -2.40. The Balaban J connectivity index is 1.45. The standard InChI is InChI=1S/C19H18ClN3O2/c20-15-7-5-13(6-8-15)11-23-19(25)18(24)21-10-9-14-12-22-17-4-2-1-3-16(14)17/h1-8,12,22H,9-11H2,(H,21,24)(H,23,25). The summed E-state index contributed by atoms with van der Waals surface area (Å²) in [6.07, 6.45) is 2.58. The first-order chi connectivity index (χ1) is 12.1. The van der Waals surface area contributed by atoms with Gasteiger partial charge in [-0.05, 0) is 35.7 Å². The molecule has 0 aliphatic rings. The number of hydrogen-bond donors (Lipinski definition) is 3. The van der Waals surface area contributed by atoms with E-state index in [-0.39, 0.29) is 6.54 Å². The van der Waals surface area contributed by atoms with E-state index in [1.807, 2.05) is 30.5 Å². The smallest absolute Gasteiger partial charge is 0.309 e. The Morgan fingerprint density at radius 2 is 1.68 bits per heavy atom. The van der Waals surface area contributed by atoms with Crippen molar-refractivity contribution in [3.8, 4) is 0 Å². The van der Waals surface area contributed by atoms with Crippen molar-refractivity contribution in [1.29, 1.82) is 0 Å². The van der Waals surface area contributed by atoms with Gasteiger partial charge in [-0.2, -0.15) is 0 Å². The fourth-order valence-electron chi connectivity index (χ4n) is 2.59. The molecule has 0 saturated carbocycles. The third-order valence-corrected chi connectivity index (χ3v) is 4.18. The molecule has 0 unspecified atom stereocenters. The minimum absolute atomic E-state index is 0.284. The van der Waals surface area contributed by atoms with Gasteiger partial charge < -0.3 is 15.6 Å². The molecule has 3 aromatic rings. The lowest BCUT2D eigenvalue weighted by Gasteiger charge is -2.06. The van der Waals surface area contributed by atoms with Crippen LogP contribution >= 0.6 is 11.6 Å². The van der Waals surface area contributed by atoms with Crippen molar-refractivity contribution in [2.24, 2.45) is 0 Å². The van der Waals surface area contributed by atoms with E-state index in [0.29, 0.717) is 18.0 Å². The van der Waals surface area contributed by atoms with E-state index in [9.17, 15) is 9.59 Å². The van der Waals surface area contributed by atoms with Gasteiger partial charge in [-0.25, -0.2) is 0 Å². The summed E-state index contributed by atoms with van der Waals surface area (Å²) in [5.41, 5.74) is 3.05. The molecule has 1 aromatic heterocycles. The molecule has 0 aliphatic heterocycles. The van der Waals surface area contributed by atoms with E-state index in [1.54, 1.807) is 24.3 Å². The number of carbonyl (C=O) groups is 2. The van der Waals surface area contributed by atoms with Gasteiger partial charge in [0.15, 0.2) is 0 Å². The van der Waals surface area contributed by atoms with Crippen molar-refractivity contribution in [2.45, 2.75) is 13.0 Å². The fraction of sp³-hybridized carbons (Fsp3) is 0.158. The molecule has 1 heterocycles. The van der Waals surface area contributed by atoms with E-state index < -0.39 is 11.8 Å². The molecule has 25 heavy (non-hydrogen) atoms. The molecule has 0 saturated heterocycles. The predicted octanol–water partition coefficient (Wildman–Crippen LogP) is 2.80. The molecule has 0 radical (unpaired) electrons. The number of fused-ring (bicyclic) bond motifs is 1. The maximum atomic E-state index is 11.9. The number of carbonyl (C=O) groups excluding carboxylic acids is 2. The molecule has 0 atom stereocenters. The van der Waals surface area contributed by atoms with E-state index in [1.165, 1.54) is 0 Å². The molecule has 2 amide bonds. The van der Waals surface area contributed by atoms with Gasteiger partial charge in [-0.3, -0.25) is 9.59 Å². The maximum absolute atomic E-state index is 11.9. The summed E-state index contributed by atoms with van der Waals surface area (Å²) in [7, 11) is 0. The Hall–Kier alpha value is -2.79. The SMILES string of the molecule is O=C(NCCc1c[nH]c2ccccc12)C(=O)NCc1ccc(Cl)cc1. The second kappa shape index (κ2) is 7.85. The van der Waals surface area contributed by atoms with E-state index in [0.717, 1.165) is 22.0 Å². The molecule has 0 fully saturated rings. The molecule has 128 valence electrons. The van der Waals surface area contributed by atoms with Crippen molar-refractivity contribution >= 4 is 34.3 Å². The zero-order valence-corrected chi connectivity index (χ0v) is 14.3. The number of para-hydroxylation sites is 1. The van der Waals surface area contributed by atoms with E-state index in [2.05, 4.69) is 15.6 Å². The summed E-state index contributed by atoms with van der Waals surface area (Å²) >= 11 is 5.81. The van der Waals surface area contributed by atoms with Gasteiger partial charge in [0.1, 0.15) is 0 Å². The number of benzene rings is 2. The van der Waals surface area contributed by atoms with Crippen LogP contribution in [0.15, 0.2) is 54.7 Å². The number of amides is 2. The van der Waals surface area contributed by atoms with Crippen LogP contribution in [0.25, 0.3) is 10.9 Å². The van der Waals surface area contributed by atoms with Crippen LogP contribution in [-0.4, -0.2) is 23.3 Å². The van der Waals surface area contributed by atoms with Crippen LogP contribution < -0.4 is 10.6 Å². The summed E-state index contributed by atoms with van der Waals surface area (Å²) in [6.45, 7) is 0.681. The lowest BCUT2D eigenvalue weighted by atomic mass is 10.1. The summed E-state index contributed by atoms with van der Waals surface area (Å²) in [5.74, 6) is -1.28. The molecule has 3 N–H and O–H groups in total. The Labute approximate surface area is 150 Å². The first kappa shape index (κ1) is 17.0. The van der Waals surface area contributed by atoms with Crippen molar-refractivity contribution < 1.29 is 9.59 Å². The molecular weight excluding hydrogens is 338 g/mol. The number of aromatic nitrogens is 1. The summed E-state index contributed by atoms with van der Waals surface area (Å²) in [5, 5.41) is 6.99. The molecule has 2 aromatic carbocycles. The van der Waals surface area contributed by atoms with Crippen LogP contribution in [0.1, 0.15) is 11.1 Å². The van der Waals surface area contributed by atoms with Crippen molar-refractivity contribution in [3.63, 3.8) is 0 Å². The number of nitrogens with one attached hydrogen (secondary N) is 3. The fourth-order valence-corrected chi connectivity index (χ4v) is 2.72. The molecule has 3 rings (SSSR count). The monoisotopic (exact) mass is 355 g/mol. The number of hydrogen-bond acceptors (Lipinski definition) is 2. The highest BCUT2D eigenvalue weighted by Gasteiger charge is 2.12. The van der Waals surface area contributed by atoms with Crippen molar-refractivity contribution in [3.05, 3.63) is 70.9 Å². The molecule has 0 spiro atoms. The highest BCUT2D eigenvalue weighted by Crippen LogP contribution is 2.17. The largest absolute Gasteiger partial charge is 0.361 e. The van der Waals surface area contributed by atoms with Crippen LogP contribution in [-0.2, 0) is 22.6 Å². The number of halogens is 1. The van der Waals surface area contributed by atoms with Gasteiger partial charge in [0.05, 0.1) is 0 Å². The minimum atomic E-state index is -0.645. The van der Waals surface area contributed by atoms with Gasteiger partial charge in [-0.15, -0.1) is 0 Å². The Morgan fingerprint density at radius 3 is 2.48 bits per heavy atom. The van der Waals surface area contributed by atoms with Gasteiger partial charge in [0.2, 0.25) is 0 Å². The van der Waals surface area contributed by atoms with Gasteiger partial charge in [-0.1, -0.05) is 41.9 Å². The zero-order chi connectivity index (χ0) is 17.6. The van der Waals surface area contributed by atoms with Crippen LogP contribution in [0.2, 0.25) is 5.02 Å². The summed E-state index contributed by atoms with van der Waals surface area (Å²) < 4.78 is 0. The number of H-pyrrole nitrogens is 1. The number of aromatic amines is 1. The van der Waals surface area contributed by atoms with E-state index >= 15 is 0 Å². The van der Waals surface area contributed by atoms with Gasteiger partial charge in [0.25, 0.3) is 0 Å². The van der Waals surface area contributed by atoms with E-state index in [4.69, 9.17) is 11.6 Å². The first-order valence-corrected chi connectivity index (χ1v) is 8.37. The van der Waals surface area contributed by atoms with Gasteiger partial charge >= 0.3 is 11.8 Å². The van der Waals surface area contributed by atoms with Crippen molar-refractivity contribution in [2.75, 3.05) is 6.54 Å². The second-order valence-corrected chi connectivity index (χ2v) is 6.11. The minimum Gasteiger partial charge on any atom is -0.361 e. The van der Waals surface area contributed by atoms with Crippen LogP contribution in [0.3, 0.4) is 0 Å². The Kier molecular flexibility index (Phi) is 5.36. The molecule has 6 heteroatoms. The second-order valence-electron chi connectivity index (χ2n) is 5.67. The van der Waals surface area contributed by atoms with Crippen molar-refractivity contribution in [1.82, 2.24) is 15.6 Å². The molecular formula is C19H18ClN3O2. The topological polar surface area (TPSA) is 74.0 Å². The third kappa shape index (κ3) is 4.39. The highest BCUT2D eigenvalue weighted by atomic mass is 35.5. The van der Waals surface area contributed by atoms with Gasteiger partial charge in [0, 0.05) is 35.2 Å². The predicted molar refractivity (Wildman–Crippen MR) is 98.3 cm³/mol. The summed E-state index contributed by atoms with van der Waals surface area (Å²) in [4.78, 5) is 26.9. The van der Waals surface area contributed by atoms with Crippen LogP contribution in [0, 0.1) is 0 Å².